The summed E-state index contributed by atoms with van der Waals surface area (Å²) >= 11 is 0. The molecule has 0 atom stereocenters. The first-order chi connectivity index (χ1) is 10.2. The molecule has 0 amide bonds. The monoisotopic (exact) mass is 278 g/mol. The fourth-order valence-corrected chi connectivity index (χ4v) is 2.44. The number of rotatable bonds is 3. The Labute approximate surface area is 124 Å². The van der Waals surface area contributed by atoms with Gasteiger partial charge in [-0.2, -0.15) is 0 Å². The van der Waals surface area contributed by atoms with E-state index in [2.05, 4.69) is 35.9 Å². The van der Waals surface area contributed by atoms with Gasteiger partial charge >= 0.3 is 0 Å². The highest BCUT2D eigenvalue weighted by atomic mass is 16.5. The van der Waals surface area contributed by atoms with E-state index in [0.717, 1.165) is 28.0 Å². The summed E-state index contributed by atoms with van der Waals surface area (Å²) in [6.07, 6.45) is 1.86. The number of hydrogen-bond donors (Lipinski definition) is 0. The molecule has 1 heterocycles. The van der Waals surface area contributed by atoms with E-state index in [-0.39, 0.29) is 0 Å². The molecule has 106 valence electrons. The lowest BCUT2D eigenvalue weighted by molar-refractivity contribution is 0.407. The van der Waals surface area contributed by atoms with Crippen LogP contribution in [0.25, 0.3) is 22.3 Å². The molecule has 0 aliphatic carbocycles. The molecule has 2 aromatic carbocycles. The number of aromatic nitrogens is 2. The van der Waals surface area contributed by atoms with Gasteiger partial charge in [0.25, 0.3) is 0 Å². The molecular formula is C18H18N2O. The lowest BCUT2D eigenvalue weighted by Gasteiger charge is -2.13. The topological polar surface area (TPSA) is 35.0 Å². The van der Waals surface area contributed by atoms with Gasteiger partial charge in [0.15, 0.2) is 5.82 Å². The highest BCUT2D eigenvalue weighted by Gasteiger charge is 2.10. The number of methoxy groups -OCH3 is 1. The maximum absolute atomic E-state index is 5.50. The molecule has 3 aromatic rings. The van der Waals surface area contributed by atoms with Crippen molar-refractivity contribution >= 4 is 10.9 Å². The van der Waals surface area contributed by atoms with Crippen LogP contribution < -0.4 is 4.74 Å². The second-order valence-electron chi connectivity index (χ2n) is 5.36. The summed E-state index contributed by atoms with van der Waals surface area (Å²) in [7, 11) is 1.70. The Morgan fingerprint density at radius 2 is 1.86 bits per heavy atom. The summed E-state index contributed by atoms with van der Waals surface area (Å²) in [5.74, 6) is 2.04. The van der Waals surface area contributed by atoms with E-state index in [1.807, 2.05) is 36.5 Å². The minimum Gasteiger partial charge on any atom is -0.496 e. The SMILES string of the molecule is COc1cc(-c2ncc3ccccc3n2)ccc1C(C)C. The van der Waals surface area contributed by atoms with Crippen LogP contribution in [0.2, 0.25) is 0 Å². The summed E-state index contributed by atoms with van der Waals surface area (Å²) in [5, 5.41) is 1.05. The number of nitrogens with zero attached hydrogens (tertiary/aromatic N) is 2. The van der Waals surface area contributed by atoms with Crippen molar-refractivity contribution in [3.63, 3.8) is 0 Å². The second kappa shape index (κ2) is 5.52. The van der Waals surface area contributed by atoms with Crippen LogP contribution in [0.4, 0.5) is 0 Å². The van der Waals surface area contributed by atoms with Gasteiger partial charge in [0, 0.05) is 17.1 Å². The van der Waals surface area contributed by atoms with Gasteiger partial charge in [0.2, 0.25) is 0 Å². The molecule has 0 radical (unpaired) electrons. The van der Waals surface area contributed by atoms with Gasteiger partial charge in [-0.3, -0.25) is 0 Å². The van der Waals surface area contributed by atoms with E-state index < -0.39 is 0 Å². The molecule has 0 aliphatic heterocycles. The van der Waals surface area contributed by atoms with E-state index >= 15 is 0 Å². The Bertz CT molecular complexity index is 781. The molecule has 3 heteroatoms. The molecule has 0 bridgehead atoms. The summed E-state index contributed by atoms with van der Waals surface area (Å²) in [6, 6.07) is 14.2. The van der Waals surface area contributed by atoms with Crippen molar-refractivity contribution in [3.05, 3.63) is 54.2 Å². The normalized spacial score (nSPS) is 11.0. The first-order valence-electron chi connectivity index (χ1n) is 7.09. The number of benzene rings is 2. The molecule has 1 aromatic heterocycles. The van der Waals surface area contributed by atoms with Crippen LogP contribution in [0.1, 0.15) is 25.3 Å². The van der Waals surface area contributed by atoms with Gasteiger partial charge < -0.3 is 4.74 Å². The smallest absolute Gasteiger partial charge is 0.159 e. The van der Waals surface area contributed by atoms with Crippen molar-refractivity contribution in [2.24, 2.45) is 0 Å². The highest BCUT2D eigenvalue weighted by Crippen LogP contribution is 2.30. The zero-order valence-corrected chi connectivity index (χ0v) is 12.5. The Kier molecular flexibility index (Phi) is 3.57. The van der Waals surface area contributed by atoms with Gasteiger partial charge in [-0.1, -0.05) is 44.2 Å². The summed E-state index contributed by atoms with van der Waals surface area (Å²) in [4.78, 5) is 9.09. The van der Waals surface area contributed by atoms with Crippen molar-refractivity contribution in [1.29, 1.82) is 0 Å². The quantitative estimate of drug-likeness (QED) is 0.711. The predicted octanol–water partition coefficient (Wildman–Crippen LogP) is 4.43. The molecule has 0 aliphatic rings. The summed E-state index contributed by atoms with van der Waals surface area (Å²) in [5.41, 5.74) is 3.12. The van der Waals surface area contributed by atoms with Crippen molar-refractivity contribution in [2.75, 3.05) is 7.11 Å². The second-order valence-corrected chi connectivity index (χ2v) is 5.36. The Hall–Kier alpha value is -2.42. The molecule has 21 heavy (non-hydrogen) atoms. The predicted molar refractivity (Wildman–Crippen MR) is 85.6 cm³/mol. The molecular weight excluding hydrogens is 260 g/mol. The van der Waals surface area contributed by atoms with Crippen molar-refractivity contribution in [2.45, 2.75) is 19.8 Å². The van der Waals surface area contributed by atoms with Crippen LogP contribution in [0, 0.1) is 0 Å². The van der Waals surface area contributed by atoms with Gasteiger partial charge in [-0.05, 0) is 23.6 Å². The largest absolute Gasteiger partial charge is 0.496 e. The standard InChI is InChI=1S/C18H18N2O/c1-12(2)15-9-8-13(10-17(15)21-3)18-19-11-14-6-4-5-7-16(14)20-18/h4-12H,1-3H3. The van der Waals surface area contributed by atoms with Crippen molar-refractivity contribution < 1.29 is 4.74 Å². The van der Waals surface area contributed by atoms with E-state index in [0.29, 0.717) is 5.92 Å². The fraction of sp³-hybridized carbons (Fsp3) is 0.222. The lowest BCUT2D eigenvalue weighted by atomic mass is 10.00. The minimum absolute atomic E-state index is 0.423. The van der Waals surface area contributed by atoms with Crippen LogP contribution in [0.3, 0.4) is 0 Å². The lowest BCUT2D eigenvalue weighted by Crippen LogP contribution is -1.96. The molecule has 3 rings (SSSR count). The van der Waals surface area contributed by atoms with Crippen LogP contribution in [-0.2, 0) is 0 Å². The van der Waals surface area contributed by atoms with Gasteiger partial charge in [0.1, 0.15) is 5.75 Å². The van der Waals surface area contributed by atoms with Gasteiger partial charge in [0.05, 0.1) is 12.6 Å². The van der Waals surface area contributed by atoms with E-state index in [1.54, 1.807) is 7.11 Å². The number of para-hydroxylation sites is 1. The third kappa shape index (κ3) is 2.59. The zero-order chi connectivity index (χ0) is 14.8. The average molecular weight is 278 g/mol. The number of fused-ring (bicyclic) bond motifs is 1. The Balaban J connectivity index is 2.09. The van der Waals surface area contributed by atoms with Crippen LogP contribution in [0.15, 0.2) is 48.7 Å². The third-order valence-corrected chi connectivity index (χ3v) is 3.60. The van der Waals surface area contributed by atoms with E-state index in [1.165, 1.54) is 5.56 Å². The molecule has 3 nitrogen and oxygen atoms in total. The van der Waals surface area contributed by atoms with Crippen LogP contribution >= 0.6 is 0 Å². The molecule has 0 spiro atoms. The Morgan fingerprint density at radius 1 is 1.05 bits per heavy atom. The average Bonchev–Trinajstić information content (AvgIpc) is 2.53. The van der Waals surface area contributed by atoms with Gasteiger partial charge in [-0.25, -0.2) is 9.97 Å². The molecule has 0 saturated carbocycles. The number of ether oxygens (including phenoxy) is 1. The van der Waals surface area contributed by atoms with Crippen LogP contribution in [-0.4, -0.2) is 17.1 Å². The first kappa shape index (κ1) is 13.6. The van der Waals surface area contributed by atoms with E-state index in [4.69, 9.17) is 4.74 Å². The number of hydrogen-bond acceptors (Lipinski definition) is 3. The van der Waals surface area contributed by atoms with Crippen molar-refractivity contribution in [1.82, 2.24) is 9.97 Å². The van der Waals surface area contributed by atoms with Gasteiger partial charge in [-0.15, -0.1) is 0 Å². The van der Waals surface area contributed by atoms with E-state index in [9.17, 15) is 0 Å². The Morgan fingerprint density at radius 3 is 2.62 bits per heavy atom. The fourth-order valence-electron chi connectivity index (χ4n) is 2.44. The first-order valence-corrected chi connectivity index (χ1v) is 7.09. The highest BCUT2D eigenvalue weighted by molar-refractivity contribution is 5.79. The van der Waals surface area contributed by atoms with Crippen molar-refractivity contribution in [3.8, 4) is 17.1 Å². The minimum atomic E-state index is 0.423. The maximum atomic E-state index is 5.50. The maximum Gasteiger partial charge on any atom is 0.159 e. The summed E-state index contributed by atoms with van der Waals surface area (Å²) in [6.45, 7) is 4.31. The molecule has 0 unspecified atom stereocenters. The molecule has 0 N–H and O–H groups in total. The molecule has 0 fully saturated rings. The molecule has 0 saturated heterocycles. The van der Waals surface area contributed by atoms with Crippen LogP contribution in [0.5, 0.6) is 5.75 Å². The summed E-state index contributed by atoms with van der Waals surface area (Å²) < 4.78 is 5.50. The third-order valence-electron chi connectivity index (χ3n) is 3.60. The zero-order valence-electron chi connectivity index (χ0n) is 12.5.